The molecule has 0 aromatic heterocycles. The van der Waals surface area contributed by atoms with E-state index >= 15 is 0 Å². The van der Waals surface area contributed by atoms with Crippen LogP contribution < -0.4 is 0 Å². The number of rotatable bonds is 4. The number of halogens is 8. The van der Waals surface area contributed by atoms with Crippen molar-refractivity contribution in [2.24, 2.45) is 0 Å². The van der Waals surface area contributed by atoms with Crippen molar-refractivity contribution in [2.45, 2.75) is 20.5 Å². The summed E-state index contributed by atoms with van der Waals surface area (Å²) in [5.74, 6) is -1.94. The summed E-state index contributed by atoms with van der Waals surface area (Å²) < 4.78 is 24.5. The SMILES string of the molecule is O=S(=O)(C1=C(Cl)C(c2ccccc2)C(Cl)(Cl)C(Cl)=C1)C1=C(Cl)C(c2ccccc2)C(Cl)(Cl)C(Cl)=C1. The van der Waals surface area contributed by atoms with E-state index in [-0.39, 0.29) is 29.9 Å². The van der Waals surface area contributed by atoms with E-state index in [0.29, 0.717) is 11.1 Å². The number of hydrogen-bond acceptors (Lipinski definition) is 2. The lowest BCUT2D eigenvalue weighted by atomic mass is 9.91. The van der Waals surface area contributed by atoms with Crippen molar-refractivity contribution >= 4 is 103 Å². The Kier molecular flexibility index (Phi) is 7.99. The molecule has 184 valence electrons. The van der Waals surface area contributed by atoms with E-state index in [1.54, 1.807) is 60.7 Å². The molecule has 2 nitrogen and oxygen atoms in total. The van der Waals surface area contributed by atoms with Crippen LogP contribution in [0, 0.1) is 0 Å². The summed E-state index contributed by atoms with van der Waals surface area (Å²) in [5, 5.41) is -0.498. The molecule has 2 aromatic rings. The Morgan fingerprint density at radius 1 is 0.571 bits per heavy atom. The minimum Gasteiger partial charge on any atom is -0.218 e. The fraction of sp³-hybridized carbons (Fsp3) is 0.167. The van der Waals surface area contributed by atoms with Gasteiger partial charge in [-0.05, 0) is 23.3 Å². The maximum atomic E-state index is 14.0. The van der Waals surface area contributed by atoms with Crippen LogP contribution >= 0.6 is 92.8 Å². The maximum absolute atomic E-state index is 14.0. The van der Waals surface area contributed by atoms with Gasteiger partial charge in [-0.25, -0.2) is 8.42 Å². The lowest BCUT2D eigenvalue weighted by molar-refractivity contribution is 0.607. The Hall–Kier alpha value is -0.330. The molecule has 11 heteroatoms. The highest BCUT2D eigenvalue weighted by Gasteiger charge is 2.50. The monoisotopic (exact) mass is 646 g/mol. The van der Waals surface area contributed by atoms with Gasteiger partial charge >= 0.3 is 0 Å². The predicted molar refractivity (Wildman–Crippen MR) is 150 cm³/mol. The second-order valence-electron chi connectivity index (χ2n) is 7.85. The summed E-state index contributed by atoms with van der Waals surface area (Å²) in [4.78, 5) is -0.625. The van der Waals surface area contributed by atoms with Gasteiger partial charge in [0.05, 0.1) is 31.7 Å². The van der Waals surface area contributed by atoms with Crippen LogP contribution in [0.25, 0.3) is 0 Å². The molecule has 35 heavy (non-hydrogen) atoms. The second-order valence-corrected chi connectivity index (χ2v) is 14.1. The maximum Gasteiger partial charge on any atom is 0.209 e. The van der Waals surface area contributed by atoms with Gasteiger partial charge < -0.3 is 0 Å². The van der Waals surface area contributed by atoms with Crippen LogP contribution in [0.3, 0.4) is 0 Å². The second kappa shape index (κ2) is 10.1. The zero-order valence-electron chi connectivity index (χ0n) is 17.3. The van der Waals surface area contributed by atoms with E-state index in [4.69, 9.17) is 92.8 Å². The van der Waals surface area contributed by atoms with Crippen LogP contribution in [0.2, 0.25) is 0 Å². The predicted octanol–water partition coefficient (Wildman–Crippen LogP) is 9.49. The lowest BCUT2D eigenvalue weighted by Gasteiger charge is -2.36. The quantitative estimate of drug-likeness (QED) is 0.309. The summed E-state index contributed by atoms with van der Waals surface area (Å²) in [6, 6.07) is 17.4. The summed E-state index contributed by atoms with van der Waals surface area (Å²) >= 11 is 52.4. The van der Waals surface area contributed by atoms with Gasteiger partial charge in [-0.1, -0.05) is 153 Å². The van der Waals surface area contributed by atoms with Gasteiger partial charge in [-0.3, -0.25) is 0 Å². The van der Waals surface area contributed by atoms with Crippen molar-refractivity contribution in [3.05, 3.63) is 114 Å². The van der Waals surface area contributed by atoms with Crippen LogP contribution in [0.5, 0.6) is 0 Å². The fourth-order valence-corrected chi connectivity index (χ4v) is 8.75. The first-order chi connectivity index (χ1) is 16.3. The molecule has 0 aliphatic heterocycles. The van der Waals surface area contributed by atoms with Crippen LogP contribution in [0.1, 0.15) is 23.0 Å². The first kappa shape index (κ1) is 27.7. The molecular weight excluding hydrogens is 636 g/mol. The minimum atomic E-state index is -4.39. The molecular formula is C24H14Cl8O2S. The zero-order chi connectivity index (χ0) is 25.8. The highest BCUT2D eigenvalue weighted by atomic mass is 35.5. The number of sulfone groups is 1. The number of alkyl halides is 4. The molecule has 2 unspecified atom stereocenters. The summed E-state index contributed by atoms with van der Waals surface area (Å²) in [7, 11) is -4.39. The molecule has 0 bridgehead atoms. The van der Waals surface area contributed by atoms with Crippen molar-refractivity contribution in [2.75, 3.05) is 0 Å². The molecule has 0 saturated carbocycles. The van der Waals surface area contributed by atoms with Crippen molar-refractivity contribution in [3.8, 4) is 0 Å². The summed E-state index contributed by atoms with van der Waals surface area (Å²) in [6.45, 7) is 0. The van der Waals surface area contributed by atoms with Gasteiger partial charge in [0.1, 0.15) is 0 Å². The first-order valence-corrected chi connectivity index (χ1v) is 14.5. The largest absolute Gasteiger partial charge is 0.218 e. The average molecular weight is 650 g/mol. The van der Waals surface area contributed by atoms with E-state index in [2.05, 4.69) is 0 Å². The Balaban J connectivity index is 1.94. The van der Waals surface area contributed by atoms with Gasteiger partial charge in [0, 0.05) is 10.1 Å². The first-order valence-electron chi connectivity index (χ1n) is 9.96. The van der Waals surface area contributed by atoms with Gasteiger partial charge in [-0.2, -0.15) is 0 Å². The standard InChI is InChI=1S/C24H14Cl8O2S/c25-17-11-15(21(27)19(23(17,29)30)13-7-3-1-4-8-13)35(33,34)16-12-18(26)24(31,32)20(22(16)28)14-9-5-2-6-10-14/h1-12,19-20H. The molecule has 0 radical (unpaired) electrons. The minimum absolute atomic E-state index is 0.121. The molecule has 0 saturated heterocycles. The molecule has 2 aliphatic rings. The highest BCUT2D eigenvalue weighted by Crippen LogP contribution is 2.58. The smallest absolute Gasteiger partial charge is 0.209 e. The van der Waals surface area contributed by atoms with E-state index in [9.17, 15) is 8.42 Å². The molecule has 4 rings (SSSR count). The van der Waals surface area contributed by atoms with Crippen molar-refractivity contribution in [3.63, 3.8) is 0 Å². The fourth-order valence-electron chi connectivity index (χ4n) is 3.97. The molecule has 0 N–H and O–H groups in total. The van der Waals surface area contributed by atoms with Gasteiger partial charge in [0.2, 0.25) is 9.84 Å². The van der Waals surface area contributed by atoms with Crippen molar-refractivity contribution < 1.29 is 8.42 Å². The topological polar surface area (TPSA) is 34.1 Å². The van der Waals surface area contributed by atoms with E-state index in [0.717, 1.165) is 12.2 Å². The molecule has 0 fully saturated rings. The summed E-state index contributed by atoms with van der Waals surface area (Å²) in [6.07, 6.45) is 2.25. The lowest BCUT2D eigenvalue weighted by Crippen LogP contribution is -2.32. The van der Waals surface area contributed by atoms with E-state index < -0.39 is 30.3 Å². The Morgan fingerprint density at radius 2 is 0.886 bits per heavy atom. The van der Waals surface area contributed by atoms with Gasteiger partial charge in [-0.15, -0.1) is 0 Å². The van der Waals surface area contributed by atoms with Crippen molar-refractivity contribution in [1.82, 2.24) is 0 Å². The third kappa shape index (κ3) is 4.82. The molecule has 0 spiro atoms. The van der Waals surface area contributed by atoms with Crippen LogP contribution in [0.4, 0.5) is 0 Å². The summed E-state index contributed by atoms with van der Waals surface area (Å²) in [5.41, 5.74) is 1.14. The third-order valence-corrected chi connectivity index (χ3v) is 11.5. The van der Waals surface area contributed by atoms with E-state index in [1.807, 2.05) is 0 Å². The Bertz CT molecular complexity index is 1290. The molecule has 2 aromatic carbocycles. The number of hydrogen-bond donors (Lipinski definition) is 0. The van der Waals surface area contributed by atoms with Gasteiger partial charge in [0.15, 0.2) is 8.67 Å². The molecule has 0 amide bonds. The highest BCUT2D eigenvalue weighted by molar-refractivity contribution is 7.99. The van der Waals surface area contributed by atoms with Crippen LogP contribution in [-0.4, -0.2) is 17.1 Å². The number of benzene rings is 2. The van der Waals surface area contributed by atoms with E-state index in [1.165, 1.54) is 0 Å². The molecule has 2 aliphatic carbocycles. The zero-order valence-corrected chi connectivity index (χ0v) is 24.2. The average Bonchev–Trinajstić information content (AvgIpc) is 2.80. The normalized spacial score (nSPS) is 24.2. The van der Waals surface area contributed by atoms with Gasteiger partial charge in [0.25, 0.3) is 0 Å². The Morgan fingerprint density at radius 3 is 1.20 bits per heavy atom. The Labute approximate surface area is 243 Å². The van der Waals surface area contributed by atoms with Crippen LogP contribution in [-0.2, 0) is 9.84 Å². The molecule has 0 heterocycles. The van der Waals surface area contributed by atoms with Crippen LogP contribution in [0.15, 0.2) is 103 Å². The third-order valence-electron chi connectivity index (χ3n) is 5.70. The molecule has 2 atom stereocenters. The van der Waals surface area contributed by atoms with Crippen molar-refractivity contribution in [1.29, 1.82) is 0 Å². The number of allylic oxidation sites excluding steroid dienone is 6.